The van der Waals surface area contributed by atoms with Crippen molar-refractivity contribution in [1.82, 2.24) is 5.32 Å². The number of benzene rings is 3. The first kappa shape index (κ1) is 19.4. The van der Waals surface area contributed by atoms with E-state index in [-0.39, 0.29) is 17.7 Å². The lowest BCUT2D eigenvalue weighted by molar-refractivity contribution is 0.0950. The Morgan fingerprint density at radius 2 is 1.32 bits per heavy atom. The molecule has 3 aromatic rings. The minimum Gasteiger partial charge on any atom is -0.351 e. The van der Waals surface area contributed by atoms with Gasteiger partial charge in [0, 0.05) is 29.3 Å². The molecule has 4 nitrogen and oxygen atoms in total. The summed E-state index contributed by atoms with van der Waals surface area (Å²) >= 11 is 0. The molecule has 28 heavy (non-hydrogen) atoms. The molecule has 0 spiro atoms. The van der Waals surface area contributed by atoms with E-state index in [4.69, 9.17) is 0 Å². The Morgan fingerprint density at radius 1 is 0.750 bits per heavy atom. The number of hydrogen-bond acceptors (Lipinski definition) is 2. The minimum atomic E-state index is -0.175. The van der Waals surface area contributed by atoms with Crippen LogP contribution in [0.5, 0.6) is 0 Å². The van der Waals surface area contributed by atoms with Crippen molar-refractivity contribution in [2.75, 3.05) is 11.9 Å². The molecule has 0 aromatic heterocycles. The van der Waals surface area contributed by atoms with Gasteiger partial charge in [-0.3, -0.25) is 9.59 Å². The van der Waals surface area contributed by atoms with Gasteiger partial charge in [-0.05, 0) is 48.4 Å². The Balaban J connectivity index is 1.57. The van der Waals surface area contributed by atoms with Gasteiger partial charge in [0.05, 0.1) is 0 Å². The maximum atomic E-state index is 12.5. The third-order valence-corrected chi connectivity index (χ3v) is 4.71. The predicted molar refractivity (Wildman–Crippen MR) is 113 cm³/mol. The van der Waals surface area contributed by atoms with E-state index in [1.807, 2.05) is 36.4 Å². The van der Waals surface area contributed by atoms with Gasteiger partial charge in [-0.1, -0.05) is 55.5 Å². The molecule has 0 heterocycles. The van der Waals surface area contributed by atoms with Crippen molar-refractivity contribution in [3.63, 3.8) is 0 Å². The fraction of sp³-hybridized carbons (Fsp3) is 0.167. The Kier molecular flexibility index (Phi) is 6.58. The summed E-state index contributed by atoms with van der Waals surface area (Å²) in [5, 5.41) is 5.84. The van der Waals surface area contributed by atoms with Gasteiger partial charge in [0.15, 0.2) is 0 Å². The minimum absolute atomic E-state index is 0.115. The molecule has 3 rings (SSSR count). The Hall–Kier alpha value is -3.40. The van der Waals surface area contributed by atoms with E-state index in [9.17, 15) is 9.59 Å². The molecule has 0 aliphatic rings. The van der Waals surface area contributed by atoms with E-state index in [0.29, 0.717) is 23.4 Å². The monoisotopic (exact) mass is 372 g/mol. The highest BCUT2D eigenvalue weighted by molar-refractivity contribution is 6.04. The van der Waals surface area contributed by atoms with Crippen molar-refractivity contribution in [2.45, 2.75) is 19.3 Å². The van der Waals surface area contributed by atoms with Crippen LogP contribution in [0, 0.1) is 0 Å². The first-order chi connectivity index (χ1) is 13.7. The second-order valence-electron chi connectivity index (χ2n) is 6.62. The standard InChI is InChI=1S/C24H24N2O2/c1-2-18(19-9-5-3-6-10-19)17-25-23(27)21-13-15-22(16-14-21)26-24(28)20-11-7-4-8-12-20/h3-16,18H,2,17H2,1H3,(H,25,27)(H,26,28). The zero-order chi connectivity index (χ0) is 19.8. The third-order valence-electron chi connectivity index (χ3n) is 4.71. The number of carbonyl (C=O) groups excluding carboxylic acids is 2. The first-order valence-electron chi connectivity index (χ1n) is 9.47. The quantitative estimate of drug-likeness (QED) is 0.622. The molecule has 0 saturated heterocycles. The average molecular weight is 372 g/mol. The Morgan fingerprint density at radius 3 is 1.93 bits per heavy atom. The van der Waals surface area contributed by atoms with Gasteiger partial charge in [-0.15, -0.1) is 0 Å². The summed E-state index contributed by atoms with van der Waals surface area (Å²) < 4.78 is 0. The SMILES string of the molecule is CCC(CNC(=O)c1ccc(NC(=O)c2ccccc2)cc1)c1ccccc1. The number of rotatable bonds is 7. The smallest absolute Gasteiger partial charge is 0.255 e. The lowest BCUT2D eigenvalue weighted by Gasteiger charge is -2.16. The van der Waals surface area contributed by atoms with Crippen molar-refractivity contribution >= 4 is 17.5 Å². The molecule has 4 heteroatoms. The van der Waals surface area contributed by atoms with Crippen molar-refractivity contribution < 1.29 is 9.59 Å². The molecule has 2 amide bonds. The van der Waals surface area contributed by atoms with E-state index in [1.54, 1.807) is 36.4 Å². The van der Waals surface area contributed by atoms with Crippen LogP contribution in [0.1, 0.15) is 45.5 Å². The van der Waals surface area contributed by atoms with E-state index < -0.39 is 0 Å². The van der Waals surface area contributed by atoms with Gasteiger partial charge in [0.1, 0.15) is 0 Å². The van der Waals surface area contributed by atoms with E-state index in [2.05, 4.69) is 29.7 Å². The average Bonchev–Trinajstić information content (AvgIpc) is 2.76. The highest BCUT2D eigenvalue weighted by atomic mass is 16.2. The van der Waals surface area contributed by atoms with E-state index in [1.165, 1.54) is 5.56 Å². The Bertz CT molecular complexity index is 906. The second kappa shape index (κ2) is 9.51. The van der Waals surface area contributed by atoms with Gasteiger partial charge < -0.3 is 10.6 Å². The molecule has 0 aliphatic heterocycles. The van der Waals surface area contributed by atoms with Crippen molar-refractivity contribution in [3.8, 4) is 0 Å². The maximum absolute atomic E-state index is 12.5. The van der Waals surface area contributed by atoms with Gasteiger partial charge in [0.25, 0.3) is 11.8 Å². The van der Waals surface area contributed by atoms with Crippen LogP contribution < -0.4 is 10.6 Å². The third kappa shape index (κ3) is 5.07. The summed E-state index contributed by atoms with van der Waals surface area (Å²) in [6.45, 7) is 2.71. The van der Waals surface area contributed by atoms with Crippen LogP contribution >= 0.6 is 0 Å². The molecule has 1 atom stereocenters. The highest BCUT2D eigenvalue weighted by Crippen LogP contribution is 2.18. The summed E-state index contributed by atoms with van der Waals surface area (Å²) in [4.78, 5) is 24.6. The normalized spacial score (nSPS) is 11.5. The van der Waals surface area contributed by atoms with Crippen molar-refractivity contribution in [3.05, 3.63) is 102 Å². The number of anilines is 1. The first-order valence-corrected chi connectivity index (χ1v) is 9.47. The van der Waals surface area contributed by atoms with Crippen LogP contribution in [0.2, 0.25) is 0 Å². The summed E-state index contributed by atoms with van der Waals surface area (Å²) in [6.07, 6.45) is 0.953. The summed E-state index contributed by atoms with van der Waals surface area (Å²) in [7, 11) is 0. The molecule has 0 saturated carbocycles. The number of carbonyl (C=O) groups is 2. The molecule has 0 bridgehead atoms. The van der Waals surface area contributed by atoms with E-state index in [0.717, 1.165) is 6.42 Å². The lowest BCUT2D eigenvalue weighted by Crippen LogP contribution is -2.28. The van der Waals surface area contributed by atoms with E-state index >= 15 is 0 Å². The Labute approximate surface area is 165 Å². The zero-order valence-corrected chi connectivity index (χ0v) is 15.9. The molecule has 0 fully saturated rings. The fourth-order valence-electron chi connectivity index (χ4n) is 3.04. The van der Waals surface area contributed by atoms with Crippen molar-refractivity contribution in [2.24, 2.45) is 0 Å². The zero-order valence-electron chi connectivity index (χ0n) is 15.9. The second-order valence-corrected chi connectivity index (χ2v) is 6.62. The molecular formula is C24H24N2O2. The van der Waals surface area contributed by atoms with Gasteiger partial charge >= 0.3 is 0 Å². The van der Waals surface area contributed by atoms with Crippen LogP contribution in [0.15, 0.2) is 84.9 Å². The van der Waals surface area contributed by atoms with Gasteiger partial charge in [-0.25, -0.2) is 0 Å². The molecule has 0 aliphatic carbocycles. The maximum Gasteiger partial charge on any atom is 0.255 e. The van der Waals surface area contributed by atoms with Crippen LogP contribution in [0.3, 0.4) is 0 Å². The predicted octanol–water partition coefficient (Wildman–Crippen LogP) is 4.86. The van der Waals surface area contributed by atoms with Crippen LogP contribution in [0.4, 0.5) is 5.69 Å². The fourth-order valence-corrected chi connectivity index (χ4v) is 3.04. The van der Waals surface area contributed by atoms with Crippen molar-refractivity contribution in [1.29, 1.82) is 0 Å². The van der Waals surface area contributed by atoms with Gasteiger partial charge in [0.2, 0.25) is 0 Å². The topological polar surface area (TPSA) is 58.2 Å². The van der Waals surface area contributed by atoms with Gasteiger partial charge in [-0.2, -0.15) is 0 Å². The summed E-state index contributed by atoms with van der Waals surface area (Å²) in [5.74, 6) is -0.00338. The van der Waals surface area contributed by atoms with Crippen LogP contribution in [0.25, 0.3) is 0 Å². The lowest BCUT2D eigenvalue weighted by atomic mass is 9.96. The summed E-state index contributed by atoms with van der Waals surface area (Å²) in [5.41, 5.74) is 3.04. The number of nitrogens with one attached hydrogen (secondary N) is 2. The van der Waals surface area contributed by atoms with Crippen LogP contribution in [-0.2, 0) is 0 Å². The number of hydrogen-bond donors (Lipinski definition) is 2. The van der Waals surface area contributed by atoms with Crippen LogP contribution in [-0.4, -0.2) is 18.4 Å². The molecule has 142 valence electrons. The largest absolute Gasteiger partial charge is 0.351 e. The highest BCUT2D eigenvalue weighted by Gasteiger charge is 2.12. The molecule has 3 aromatic carbocycles. The number of amides is 2. The molecule has 1 unspecified atom stereocenters. The molecular weight excluding hydrogens is 348 g/mol. The molecule has 0 radical (unpaired) electrons. The molecule has 2 N–H and O–H groups in total. The summed E-state index contributed by atoms with van der Waals surface area (Å²) in [6, 6.07) is 26.1.